The summed E-state index contributed by atoms with van der Waals surface area (Å²) >= 11 is 7.03. The van der Waals surface area contributed by atoms with Crippen molar-refractivity contribution in [3.63, 3.8) is 0 Å². The molecular weight excluding hydrogens is 272 g/mol. The van der Waals surface area contributed by atoms with E-state index in [2.05, 4.69) is 10.3 Å². The first-order valence-electron chi connectivity index (χ1n) is 5.20. The van der Waals surface area contributed by atoms with Crippen molar-refractivity contribution in [2.45, 2.75) is 5.92 Å². The van der Waals surface area contributed by atoms with Crippen LogP contribution >= 0.6 is 22.9 Å². The average Bonchev–Trinajstić information content (AvgIpc) is 2.91. The maximum Gasteiger partial charge on any atom is 0.240 e. The van der Waals surface area contributed by atoms with E-state index < -0.39 is 5.92 Å². The number of nitrogens with one attached hydrogen (secondary N) is 1. The van der Waals surface area contributed by atoms with Gasteiger partial charge in [-0.1, -0.05) is 11.6 Å². The predicted octanol–water partition coefficient (Wildman–Crippen LogP) is 2.72. The Hall–Kier alpha value is -1.72. The van der Waals surface area contributed by atoms with Crippen LogP contribution in [0.15, 0.2) is 29.9 Å². The van der Waals surface area contributed by atoms with E-state index in [-0.39, 0.29) is 11.7 Å². The van der Waals surface area contributed by atoms with Crippen molar-refractivity contribution in [3.05, 3.63) is 45.4 Å². The van der Waals surface area contributed by atoms with Crippen molar-refractivity contribution in [2.75, 3.05) is 5.32 Å². The number of ketones is 1. The van der Waals surface area contributed by atoms with Gasteiger partial charge in [-0.05, 0) is 12.1 Å². The average molecular weight is 279 g/mol. The predicted molar refractivity (Wildman–Crippen MR) is 69.3 cm³/mol. The number of thiophene rings is 1. The fourth-order valence-corrected chi connectivity index (χ4v) is 2.99. The number of carbonyl (C=O) groups excluding carboxylic acids is 2. The lowest BCUT2D eigenvalue weighted by Gasteiger charge is -2.04. The molecule has 0 aromatic carbocycles. The summed E-state index contributed by atoms with van der Waals surface area (Å²) in [6.45, 7) is 0. The quantitative estimate of drug-likeness (QED) is 0.679. The highest BCUT2D eigenvalue weighted by molar-refractivity contribution is 7.12. The van der Waals surface area contributed by atoms with Crippen LogP contribution in [0.4, 0.5) is 5.69 Å². The van der Waals surface area contributed by atoms with Gasteiger partial charge in [-0.25, -0.2) is 0 Å². The fourth-order valence-electron chi connectivity index (χ4n) is 1.94. The standard InChI is InChI=1S/C12H7ClN2O2S/c13-6-3-9(18-5-6)11(16)10-7-4-14-2-1-8(7)15-12(10)17/h1-5,10H,(H,15,17). The molecule has 0 fully saturated rings. The Balaban J connectivity index is 2.02. The van der Waals surface area contributed by atoms with Crippen LogP contribution in [0.1, 0.15) is 21.2 Å². The van der Waals surface area contributed by atoms with E-state index in [0.717, 1.165) is 0 Å². The van der Waals surface area contributed by atoms with Gasteiger partial charge >= 0.3 is 0 Å². The summed E-state index contributed by atoms with van der Waals surface area (Å²) in [5.74, 6) is -1.37. The van der Waals surface area contributed by atoms with E-state index in [0.29, 0.717) is 21.2 Å². The maximum absolute atomic E-state index is 12.3. The number of halogens is 1. The summed E-state index contributed by atoms with van der Waals surface area (Å²) in [6, 6.07) is 3.26. The molecule has 0 spiro atoms. The first-order valence-corrected chi connectivity index (χ1v) is 6.45. The van der Waals surface area contributed by atoms with Crippen LogP contribution in [0.2, 0.25) is 5.02 Å². The molecule has 0 saturated heterocycles. The number of hydrogen-bond acceptors (Lipinski definition) is 4. The summed E-state index contributed by atoms with van der Waals surface area (Å²) in [5.41, 5.74) is 1.27. The highest BCUT2D eigenvalue weighted by Crippen LogP contribution is 2.35. The number of carbonyl (C=O) groups is 2. The van der Waals surface area contributed by atoms with Crippen molar-refractivity contribution >= 4 is 40.3 Å². The molecule has 3 rings (SSSR count). The van der Waals surface area contributed by atoms with Crippen LogP contribution in [0.25, 0.3) is 0 Å². The molecule has 2 aromatic rings. The van der Waals surface area contributed by atoms with Gasteiger partial charge in [0, 0.05) is 29.0 Å². The number of amides is 1. The van der Waals surface area contributed by atoms with E-state index in [1.807, 2.05) is 0 Å². The van der Waals surface area contributed by atoms with E-state index in [1.54, 1.807) is 29.9 Å². The van der Waals surface area contributed by atoms with Gasteiger partial charge in [-0.3, -0.25) is 14.6 Å². The van der Waals surface area contributed by atoms with E-state index in [4.69, 9.17) is 11.6 Å². The third-order valence-electron chi connectivity index (χ3n) is 2.76. The fraction of sp³-hybridized carbons (Fsp3) is 0.0833. The molecule has 1 unspecified atom stereocenters. The Morgan fingerprint density at radius 3 is 3.06 bits per heavy atom. The molecule has 0 radical (unpaired) electrons. The topological polar surface area (TPSA) is 59.1 Å². The highest BCUT2D eigenvalue weighted by Gasteiger charge is 2.37. The third kappa shape index (κ3) is 1.72. The summed E-state index contributed by atoms with van der Waals surface area (Å²) < 4.78 is 0. The zero-order valence-electron chi connectivity index (χ0n) is 9.01. The molecule has 1 N–H and O–H groups in total. The third-order valence-corrected chi connectivity index (χ3v) is 4.05. The number of pyridine rings is 1. The van der Waals surface area contributed by atoms with Gasteiger partial charge in [-0.15, -0.1) is 11.3 Å². The molecule has 6 heteroatoms. The van der Waals surface area contributed by atoms with Gasteiger partial charge in [0.1, 0.15) is 5.92 Å². The second kappa shape index (κ2) is 4.19. The first-order chi connectivity index (χ1) is 8.66. The molecule has 1 aliphatic rings. The number of Topliss-reactive ketones (excluding diaryl/α,β-unsaturated/α-hetero) is 1. The van der Waals surface area contributed by atoms with Gasteiger partial charge < -0.3 is 5.32 Å². The van der Waals surface area contributed by atoms with Crippen LogP contribution in [0.3, 0.4) is 0 Å². The Bertz CT molecular complexity index is 653. The summed E-state index contributed by atoms with van der Waals surface area (Å²) in [5, 5.41) is 4.86. The number of nitrogens with zero attached hydrogens (tertiary/aromatic N) is 1. The van der Waals surface area contributed by atoms with E-state index >= 15 is 0 Å². The molecule has 0 saturated carbocycles. The molecule has 4 nitrogen and oxygen atoms in total. The van der Waals surface area contributed by atoms with Crippen LogP contribution < -0.4 is 5.32 Å². The molecular formula is C12H7ClN2O2S. The van der Waals surface area contributed by atoms with Gasteiger partial charge in [0.05, 0.1) is 9.90 Å². The second-order valence-electron chi connectivity index (χ2n) is 3.88. The van der Waals surface area contributed by atoms with Crippen molar-refractivity contribution in [1.29, 1.82) is 0 Å². The molecule has 18 heavy (non-hydrogen) atoms. The molecule has 0 bridgehead atoms. The minimum absolute atomic E-state index is 0.240. The minimum atomic E-state index is -0.816. The lowest BCUT2D eigenvalue weighted by atomic mass is 9.97. The maximum atomic E-state index is 12.3. The first kappa shape index (κ1) is 11.4. The molecule has 1 aliphatic heterocycles. The van der Waals surface area contributed by atoms with E-state index in [1.165, 1.54) is 11.3 Å². The van der Waals surface area contributed by atoms with E-state index in [9.17, 15) is 9.59 Å². The lowest BCUT2D eigenvalue weighted by Crippen LogP contribution is -2.20. The monoisotopic (exact) mass is 278 g/mol. The van der Waals surface area contributed by atoms with Gasteiger partial charge in [-0.2, -0.15) is 0 Å². The molecule has 90 valence electrons. The Morgan fingerprint density at radius 2 is 2.33 bits per heavy atom. The summed E-state index contributed by atoms with van der Waals surface area (Å²) in [4.78, 5) is 28.6. The number of anilines is 1. The number of rotatable bonds is 2. The molecule has 3 heterocycles. The second-order valence-corrected chi connectivity index (χ2v) is 5.23. The van der Waals surface area contributed by atoms with Crippen LogP contribution in [0, 0.1) is 0 Å². The Labute approximate surface area is 112 Å². The molecule has 1 atom stereocenters. The number of hydrogen-bond donors (Lipinski definition) is 1. The van der Waals surface area contributed by atoms with Gasteiger partial charge in [0.25, 0.3) is 0 Å². The number of aromatic nitrogens is 1. The Morgan fingerprint density at radius 1 is 1.50 bits per heavy atom. The normalized spacial score (nSPS) is 17.4. The highest BCUT2D eigenvalue weighted by atomic mass is 35.5. The van der Waals surface area contributed by atoms with Gasteiger partial charge in [0.15, 0.2) is 5.78 Å². The van der Waals surface area contributed by atoms with Crippen molar-refractivity contribution in [3.8, 4) is 0 Å². The molecule has 0 aliphatic carbocycles. The zero-order valence-corrected chi connectivity index (χ0v) is 10.6. The molecule has 1 amide bonds. The van der Waals surface area contributed by atoms with Crippen LogP contribution in [0.5, 0.6) is 0 Å². The van der Waals surface area contributed by atoms with Crippen molar-refractivity contribution in [1.82, 2.24) is 4.98 Å². The lowest BCUT2D eigenvalue weighted by molar-refractivity contribution is -0.116. The van der Waals surface area contributed by atoms with Gasteiger partial charge in [0.2, 0.25) is 5.91 Å². The number of fused-ring (bicyclic) bond motifs is 1. The molecule has 2 aromatic heterocycles. The SMILES string of the molecule is O=C1Nc2ccncc2C1C(=O)c1cc(Cl)cs1. The van der Waals surface area contributed by atoms with Crippen molar-refractivity contribution in [2.24, 2.45) is 0 Å². The van der Waals surface area contributed by atoms with Crippen molar-refractivity contribution < 1.29 is 9.59 Å². The summed E-state index contributed by atoms with van der Waals surface area (Å²) in [7, 11) is 0. The van der Waals surface area contributed by atoms with Crippen LogP contribution in [-0.2, 0) is 4.79 Å². The zero-order chi connectivity index (χ0) is 12.7. The van der Waals surface area contributed by atoms with Crippen LogP contribution in [-0.4, -0.2) is 16.7 Å². The minimum Gasteiger partial charge on any atom is -0.325 e. The summed E-state index contributed by atoms with van der Waals surface area (Å²) in [6.07, 6.45) is 3.12. The smallest absolute Gasteiger partial charge is 0.240 e. The Kier molecular flexibility index (Phi) is 2.65. The largest absolute Gasteiger partial charge is 0.325 e.